The number of hydrogen-bond acceptors (Lipinski definition) is 10. The lowest BCUT2D eigenvalue weighted by Gasteiger charge is -2.38. The van der Waals surface area contributed by atoms with Crippen molar-refractivity contribution in [2.75, 3.05) is 51.5 Å². The maximum Gasteiger partial charge on any atom is 0.220 e. The molecule has 0 spiro atoms. The fourth-order valence-electron chi connectivity index (χ4n) is 7.58. The maximum atomic E-state index is 14.9. The summed E-state index contributed by atoms with van der Waals surface area (Å²) in [6.45, 7) is 5.51. The molecule has 0 radical (unpaired) electrons. The number of β-amino-alcohol motifs (C(OH)–C–C–N with tert-alkyl or cyclic N) is 1. The van der Waals surface area contributed by atoms with Crippen LogP contribution in [0.2, 0.25) is 0 Å². The predicted octanol–water partition coefficient (Wildman–Crippen LogP) is 4.27. The van der Waals surface area contributed by atoms with Gasteiger partial charge < -0.3 is 25.6 Å². The van der Waals surface area contributed by atoms with Crippen LogP contribution in [0.25, 0.3) is 22.6 Å². The number of likely N-dealkylation sites (tertiary alicyclic amines) is 2. The molecule has 2 fully saturated rings. The van der Waals surface area contributed by atoms with Crippen molar-refractivity contribution in [3.63, 3.8) is 0 Å². The molecule has 274 valence electrons. The van der Waals surface area contributed by atoms with E-state index in [9.17, 15) is 18.3 Å². The third kappa shape index (κ3) is 8.33. The van der Waals surface area contributed by atoms with Gasteiger partial charge in [-0.05, 0) is 94.7 Å². The number of nitrogens with zero attached hydrogens (tertiary/aromatic N) is 9. The van der Waals surface area contributed by atoms with Crippen LogP contribution in [0.5, 0.6) is 0 Å². The van der Waals surface area contributed by atoms with Crippen LogP contribution in [0.15, 0.2) is 73.7 Å². The molecule has 1 atom stereocenters. The largest absolute Gasteiger partial charge is 0.382 e. The maximum absolute atomic E-state index is 14.9. The van der Waals surface area contributed by atoms with E-state index in [0.29, 0.717) is 11.7 Å². The summed E-state index contributed by atoms with van der Waals surface area (Å²) in [5.41, 5.74) is 7.49. The number of hydrogen-bond donors (Lipinski definition) is 3. The molecular formula is C37H44F3N11O. The Hall–Kier alpha value is -4.70. The van der Waals surface area contributed by atoms with E-state index >= 15 is 0 Å². The standard InChI is InChI=1S/C37H44F3N11O/c38-27-4-2-26(3-5-27)34-35(33-8-14-44-36(41)47-33)51(25-45-34)30-11-18-48(19-12-30)15-1-13-43-29-9-16-49(17-10-29)21-37(52,22-50-24-42-23-46-50)31-7-6-28(39)20-32(31)40/h2-8,14,20,23-25,29-30,43,52H,1,9-13,15-19,21-22H2,(H2,41,44,47). The van der Waals surface area contributed by atoms with Gasteiger partial charge in [0.05, 0.1) is 30.0 Å². The van der Waals surface area contributed by atoms with Gasteiger partial charge in [-0.1, -0.05) is 6.07 Å². The van der Waals surface area contributed by atoms with Crippen molar-refractivity contribution in [2.45, 2.75) is 56.3 Å². The molecular weight excluding hydrogens is 671 g/mol. The first-order valence-electron chi connectivity index (χ1n) is 17.8. The van der Waals surface area contributed by atoms with Crippen LogP contribution < -0.4 is 11.1 Å². The summed E-state index contributed by atoms with van der Waals surface area (Å²) in [5.74, 6) is -1.58. The highest BCUT2D eigenvalue weighted by molar-refractivity contribution is 5.77. The molecule has 2 aromatic carbocycles. The second-order valence-electron chi connectivity index (χ2n) is 13.8. The molecule has 1 unspecified atom stereocenters. The minimum Gasteiger partial charge on any atom is -0.382 e. The molecule has 12 nitrogen and oxygen atoms in total. The average Bonchev–Trinajstić information content (AvgIpc) is 3.82. The molecule has 5 heterocycles. The van der Waals surface area contributed by atoms with Crippen molar-refractivity contribution in [1.82, 2.24) is 49.4 Å². The lowest BCUT2D eigenvalue weighted by Crippen LogP contribution is -2.50. The van der Waals surface area contributed by atoms with E-state index in [1.165, 1.54) is 41.6 Å². The van der Waals surface area contributed by atoms with E-state index in [4.69, 9.17) is 10.7 Å². The molecule has 7 rings (SSSR count). The zero-order valence-corrected chi connectivity index (χ0v) is 29.0. The van der Waals surface area contributed by atoms with Crippen LogP contribution in [0.1, 0.15) is 43.7 Å². The second-order valence-corrected chi connectivity index (χ2v) is 13.8. The topological polar surface area (TPSA) is 139 Å². The Morgan fingerprint density at radius 3 is 2.33 bits per heavy atom. The first-order valence-corrected chi connectivity index (χ1v) is 17.8. The summed E-state index contributed by atoms with van der Waals surface area (Å²) >= 11 is 0. The van der Waals surface area contributed by atoms with Crippen LogP contribution in [-0.2, 0) is 12.1 Å². The Bertz CT molecular complexity index is 1910. The number of anilines is 1. The number of imidazole rings is 1. The number of rotatable bonds is 13. The van der Waals surface area contributed by atoms with Crippen molar-refractivity contribution >= 4 is 5.95 Å². The number of halogens is 3. The highest BCUT2D eigenvalue weighted by atomic mass is 19.1. The summed E-state index contributed by atoms with van der Waals surface area (Å²) in [6.07, 6.45) is 11.1. The van der Waals surface area contributed by atoms with Crippen LogP contribution >= 0.6 is 0 Å². The number of piperidine rings is 2. The molecule has 0 saturated carbocycles. The van der Waals surface area contributed by atoms with E-state index < -0.39 is 17.2 Å². The van der Waals surface area contributed by atoms with Gasteiger partial charge >= 0.3 is 0 Å². The first-order chi connectivity index (χ1) is 25.2. The summed E-state index contributed by atoms with van der Waals surface area (Å²) in [6, 6.07) is 12.1. The number of nitrogens with two attached hydrogens (primary N) is 1. The molecule has 5 aromatic rings. The van der Waals surface area contributed by atoms with E-state index in [1.54, 1.807) is 18.3 Å². The van der Waals surface area contributed by atoms with Gasteiger partial charge in [-0.3, -0.25) is 4.90 Å². The number of aromatic nitrogens is 7. The van der Waals surface area contributed by atoms with Gasteiger partial charge in [0.1, 0.15) is 35.7 Å². The van der Waals surface area contributed by atoms with Crippen molar-refractivity contribution in [3.05, 3.63) is 96.7 Å². The fraction of sp³-hybridized carbons (Fsp3) is 0.432. The molecule has 3 aromatic heterocycles. The van der Waals surface area contributed by atoms with Crippen LogP contribution in [0.3, 0.4) is 0 Å². The molecule has 15 heteroatoms. The van der Waals surface area contributed by atoms with Gasteiger partial charge in [-0.2, -0.15) is 5.10 Å². The summed E-state index contributed by atoms with van der Waals surface area (Å²) in [4.78, 5) is 21.9. The van der Waals surface area contributed by atoms with Crippen LogP contribution in [-0.4, -0.2) is 101 Å². The van der Waals surface area contributed by atoms with Crippen molar-refractivity contribution < 1.29 is 18.3 Å². The van der Waals surface area contributed by atoms with Gasteiger partial charge in [0.2, 0.25) is 5.95 Å². The predicted molar refractivity (Wildman–Crippen MR) is 190 cm³/mol. The minimum absolute atomic E-state index is 0.00255. The lowest BCUT2D eigenvalue weighted by molar-refractivity contribution is -0.0272. The minimum atomic E-state index is -1.60. The van der Waals surface area contributed by atoms with Gasteiger partial charge in [-0.25, -0.2) is 37.8 Å². The van der Waals surface area contributed by atoms with E-state index in [1.807, 2.05) is 12.4 Å². The second kappa shape index (κ2) is 15.9. The van der Waals surface area contributed by atoms with Gasteiger partial charge in [0.15, 0.2) is 0 Å². The SMILES string of the molecule is Nc1nccc(-c2c(-c3ccc(F)cc3)ncn2C2CCN(CCCNC3CCN(CC(O)(Cn4cncn4)c4ccc(F)cc4F)CC3)CC2)n1. The normalized spacial score (nSPS) is 17.8. The molecule has 0 aliphatic carbocycles. The number of nitrogen functional groups attached to an aromatic ring is 1. The first kappa shape index (κ1) is 35.7. The molecule has 4 N–H and O–H groups in total. The van der Waals surface area contributed by atoms with Crippen molar-refractivity contribution in [3.8, 4) is 22.6 Å². The summed E-state index contributed by atoms with van der Waals surface area (Å²) < 4.78 is 45.9. The third-order valence-corrected chi connectivity index (χ3v) is 10.3. The van der Waals surface area contributed by atoms with E-state index in [2.05, 4.69) is 39.7 Å². The monoisotopic (exact) mass is 715 g/mol. The average molecular weight is 716 g/mol. The molecule has 2 aliphatic rings. The van der Waals surface area contributed by atoms with Crippen molar-refractivity contribution in [1.29, 1.82) is 0 Å². The van der Waals surface area contributed by atoms with Crippen LogP contribution in [0.4, 0.5) is 19.1 Å². The Kier molecular flexibility index (Phi) is 10.9. The quantitative estimate of drug-likeness (QED) is 0.152. The number of aliphatic hydroxyl groups is 1. The zero-order chi connectivity index (χ0) is 36.1. The smallest absolute Gasteiger partial charge is 0.220 e. The van der Waals surface area contributed by atoms with Gasteiger partial charge in [-0.15, -0.1) is 0 Å². The van der Waals surface area contributed by atoms with Crippen LogP contribution in [0, 0.1) is 17.5 Å². The number of benzene rings is 2. The Labute approximate surface area is 300 Å². The Morgan fingerprint density at radius 2 is 1.62 bits per heavy atom. The lowest BCUT2D eigenvalue weighted by atomic mass is 9.91. The molecule has 2 saturated heterocycles. The summed E-state index contributed by atoms with van der Waals surface area (Å²) in [5, 5.41) is 19.5. The molecule has 0 bridgehead atoms. The molecule has 2 aliphatic heterocycles. The van der Waals surface area contributed by atoms with Gasteiger partial charge in [0.25, 0.3) is 0 Å². The highest BCUT2D eigenvalue weighted by Gasteiger charge is 2.36. The Balaban J connectivity index is 0.881. The van der Waals surface area contributed by atoms with E-state index in [0.717, 1.165) is 94.4 Å². The molecule has 52 heavy (non-hydrogen) atoms. The summed E-state index contributed by atoms with van der Waals surface area (Å²) in [7, 11) is 0. The third-order valence-electron chi connectivity index (χ3n) is 10.3. The Morgan fingerprint density at radius 1 is 0.865 bits per heavy atom. The number of nitrogens with one attached hydrogen (secondary N) is 1. The fourth-order valence-corrected chi connectivity index (χ4v) is 7.58. The van der Waals surface area contributed by atoms with Gasteiger partial charge in [0, 0.05) is 55.1 Å². The van der Waals surface area contributed by atoms with E-state index in [-0.39, 0.29) is 36.5 Å². The van der Waals surface area contributed by atoms with Crippen molar-refractivity contribution in [2.24, 2.45) is 0 Å². The highest BCUT2D eigenvalue weighted by Crippen LogP contribution is 2.35. The zero-order valence-electron chi connectivity index (χ0n) is 29.0. The molecule has 0 amide bonds.